The van der Waals surface area contributed by atoms with Crippen LogP contribution in [0.5, 0.6) is 0 Å². The Bertz CT molecular complexity index is 971. The maximum atomic E-state index is 11.8. The van der Waals surface area contributed by atoms with Gasteiger partial charge in [0.25, 0.3) is 5.56 Å². The lowest BCUT2D eigenvalue weighted by Crippen LogP contribution is -2.47. The van der Waals surface area contributed by atoms with E-state index in [0.29, 0.717) is 0 Å². The summed E-state index contributed by atoms with van der Waals surface area (Å²) in [5.41, 5.74) is 1.71. The quantitative estimate of drug-likeness (QED) is 0.670. The average Bonchev–Trinajstić information content (AvgIpc) is 3.11. The first kappa shape index (κ1) is 16.2. The first-order valence-electron chi connectivity index (χ1n) is 8.44. The predicted molar refractivity (Wildman–Crippen MR) is 98.1 cm³/mol. The summed E-state index contributed by atoms with van der Waals surface area (Å²) in [5.74, 6) is 1.57. The van der Waals surface area contributed by atoms with Gasteiger partial charge in [-0.25, -0.2) is 9.97 Å². The Balaban J connectivity index is 1.48. The number of hydrogen-bond donors (Lipinski definition) is 0. The van der Waals surface area contributed by atoms with E-state index in [9.17, 15) is 4.79 Å². The van der Waals surface area contributed by atoms with Crippen LogP contribution in [0.25, 0.3) is 11.3 Å². The minimum atomic E-state index is -0.0486. The van der Waals surface area contributed by atoms with Crippen LogP contribution in [0.2, 0.25) is 0 Å². The van der Waals surface area contributed by atoms with Crippen molar-refractivity contribution < 1.29 is 0 Å². The Morgan fingerprint density at radius 2 is 1.69 bits per heavy atom. The topological polar surface area (TPSA) is 85.0 Å². The summed E-state index contributed by atoms with van der Waals surface area (Å²) in [6.07, 6.45) is 8.81. The lowest BCUT2D eigenvalue weighted by atomic mass is 10.2. The highest BCUT2D eigenvalue weighted by Crippen LogP contribution is 2.20. The molecule has 0 aliphatic carbocycles. The second-order valence-corrected chi connectivity index (χ2v) is 6.34. The molecule has 1 aliphatic heterocycles. The molecule has 1 aliphatic rings. The molecule has 0 bridgehead atoms. The third-order valence-corrected chi connectivity index (χ3v) is 4.51. The Labute approximate surface area is 150 Å². The van der Waals surface area contributed by atoms with Gasteiger partial charge in [0.15, 0.2) is 0 Å². The lowest BCUT2D eigenvalue weighted by molar-refractivity contribution is 0.637. The number of aryl methyl sites for hydroxylation is 2. The van der Waals surface area contributed by atoms with Crippen molar-refractivity contribution in [3.63, 3.8) is 0 Å². The standard InChI is InChI=1S/C17H20N8O/c1-22-12-19-15(7-17(22)26)24-3-5-25(6-4-24)16-10-18-9-14(21-16)13-8-20-23(2)11-13/h7-12H,3-6H2,1-2H3. The molecule has 0 N–H and O–H groups in total. The third kappa shape index (κ3) is 3.15. The lowest BCUT2D eigenvalue weighted by Gasteiger charge is -2.35. The highest BCUT2D eigenvalue weighted by molar-refractivity contribution is 5.58. The van der Waals surface area contributed by atoms with E-state index in [2.05, 4.69) is 24.9 Å². The molecule has 0 spiro atoms. The zero-order valence-electron chi connectivity index (χ0n) is 14.8. The van der Waals surface area contributed by atoms with Crippen molar-refractivity contribution in [1.82, 2.24) is 29.3 Å². The molecular weight excluding hydrogens is 332 g/mol. The molecule has 134 valence electrons. The van der Waals surface area contributed by atoms with Gasteiger partial charge in [-0.1, -0.05) is 0 Å². The molecule has 0 amide bonds. The van der Waals surface area contributed by atoms with Crippen LogP contribution in [0.3, 0.4) is 0 Å². The zero-order chi connectivity index (χ0) is 18.1. The van der Waals surface area contributed by atoms with Crippen LogP contribution in [0.1, 0.15) is 0 Å². The van der Waals surface area contributed by atoms with Gasteiger partial charge in [0.1, 0.15) is 11.6 Å². The van der Waals surface area contributed by atoms with E-state index in [0.717, 1.165) is 49.1 Å². The SMILES string of the molecule is Cn1cc(-c2cncc(N3CCN(c4cc(=O)n(C)cn4)CC3)n2)cn1. The zero-order valence-corrected chi connectivity index (χ0v) is 14.8. The highest BCUT2D eigenvalue weighted by atomic mass is 16.1. The molecule has 0 radical (unpaired) electrons. The van der Waals surface area contributed by atoms with Crippen LogP contribution in [0.15, 0.2) is 42.0 Å². The summed E-state index contributed by atoms with van der Waals surface area (Å²) >= 11 is 0. The van der Waals surface area contributed by atoms with Gasteiger partial charge in [0.05, 0.1) is 30.6 Å². The van der Waals surface area contributed by atoms with Crippen LogP contribution >= 0.6 is 0 Å². The van der Waals surface area contributed by atoms with Gasteiger partial charge in [0.2, 0.25) is 0 Å². The van der Waals surface area contributed by atoms with Gasteiger partial charge < -0.3 is 14.4 Å². The Morgan fingerprint density at radius 1 is 0.962 bits per heavy atom. The fourth-order valence-corrected chi connectivity index (χ4v) is 2.99. The number of rotatable bonds is 3. The molecule has 1 saturated heterocycles. The average molecular weight is 352 g/mol. The summed E-state index contributed by atoms with van der Waals surface area (Å²) < 4.78 is 3.22. The van der Waals surface area contributed by atoms with Crippen LogP contribution in [-0.2, 0) is 14.1 Å². The minimum absolute atomic E-state index is 0.0486. The van der Waals surface area contributed by atoms with Crippen molar-refractivity contribution >= 4 is 11.6 Å². The molecule has 0 aromatic carbocycles. The Hall–Kier alpha value is -3.23. The molecule has 0 saturated carbocycles. The third-order valence-electron chi connectivity index (χ3n) is 4.51. The van der Waals surface area contributed by atoms with Crippen molar-refractivity contribution in [2.24, 2.45) is 14.1 Å². The summed E-state index contributed by atoms with van der Waals surface area (Å²) in [7, 11) is 3.58. The van der Waals surface area contributed by atoms with Gasteiger partial charge in [-0.05, 0) is 0 Å². The Morgan fingerprint density at radius 3 is 2.35 bits per heavy atom. The van der Waals surface area contributed by atoms with E-state index >= 15 is 0 Å². The molecule has 0 unspecified atom stereocenters. The van der Waals surface area contributed by atoms with Gasteiger partial charge in [-0.15, -0.1) is 0 Å². The number of anilines is 2. The van der Waals surface area contributed by atoms with E-state index < -0.39 is 0 Å². The van der Waals surface area contributed by atoms with Crippen molar-refractivity contribution in [3.05, 3.63) is 47.5 Å². The monoisotopic (exact) mass is 352 g/mol. The van der Waals surface area contributed by atoms with Gasteiger partial charge in [-0.2, -0.15) is 5.10 Å². The highest BCUT2D eigenvalue weighted by Gasteiger charge is 2.20. The number of piperazine rings is 1. The van der Waals surface area contributed by atoms with Crippen LogP contribution in [-0.4, -0.2) is 55.5 Å². The van der Waals surface area contributed by atoms with Gasteiger partial charge in [-0.3, -0.25) is 14.5 Å². The molecule has 1 fully saturated rings. The maximum Gasteiger partial charge on any atom is 0.255 e. The van der Waals surface area contributed by atoms with Crippen molar-refractivity contribution in [1.29, 1.82) is 0 Å². The summed E-state index contributed by atoms with van der Waals surface area (Å²) in [6.45, 7) is 3.14. The fourth-order valence-electron chi connectivity index (χ4n) is 2.99. The Kier molecular flexibility index (Phi) is 4.11. The molecule has 4 heterocycles. The molecule has 9 heteroatoms. The fraction of sp³-hybridized carbons (Fsp3) is 0.353. The largest absolute Gasteiger partial charge is 0.353 e. The second kappa shape index (κ2) is 6.58. The van der Waals surface area contributed by atoms with Crippen LogP contribution in [0, 0.1) is 0 Å². The summed E-state index contributed by atoms with van der Waals surface area (Å²) in [6, 6.07) is 1.58. The molecule has 9 nitrogen and oxygen atoms in total. The minimum Gasteiger partial charge on any atom is -0.353 e. The first-order chi connectivity index (χ1) is 12.6. The van der Waals surface area contributed by atoms with Gasteiger partial charge >= 0.3 is 0 Å². The molecule has 26 heavy (non-hydrogen) atoms. The van der Waals surface area contributed by atoms with Crippen LogP contribution in [0.4, 0.5) is 11.6 Å². The van der Waals surface area contributed by atoms with Gasteiger partial charge in [0, 0.05) is 58.1 Å². The number of nitrogens with zero attached hydrogens (tertiary/aromatic N) is 8. The van der Waals surface area contributed by atoms with E-state index in [-0.39, 0.29) is 5.56 Å². The number of hydrogen-bond acceptors (Lipinski definition) is 7. The van der Waals surface area contributed by atoms with Crippen LogP contribution < -0.4 is 15.4 Å². The summed E-state index contributed by atoms with van der Waals surface area (Å²) in [4.78, 5) is 29.5. The maximum absolute atomic E-state index is 11.8. The predicted octanol–water partition coefficient (Wildman–Crippen LogP) is 0.297. The van der Waals surface area contributed by atoms with E-state index in [1.165, 1.54) is 4.57 Å². The molecule has 3 aromatic rings. The molecule has 0 atom stereocenters. The summed E-state index contributed by atoms with van der Waals surface area (Å²) in [5, 5.41) is 4.19. The van der Waals surface area contributed by atoms with Crippen molar-refractivity contribution in [3.8, 4) is 11.3 Å². The normalized spacial score (nSPS) is 14.7. The number of aromatic nitrogens is 6. The van der Waals surface area contributed by atoms with Crippen molar-refractivity contribution in [2.45, 2.75) is 0 Å². The molecule has 4 rings (SSSR count). The first-order valence-corrected chi connectivity index (χ1v) is 8.44. The smallest absolute Gasteiger partial charge is 0.255 e. The van der Waals surface area contributed by atoms with Crippen molar-refractivity contribution in [2.75, 3.05) is 36.0 Å². The second-order valence-electron chi connectivity index (χ2n) is 6.34. The van der Waals surface area contributed by atoms with E-state index in [4.69, 9.17) is 4.98 Å². The molecule has 3 aromatic heterocycles. The van der Waals surface area contributed by atoms with E-state index in [1.807, 2.05) is 13.2 Å². The van der Waals surface area contributed by atoms with E-state index in [1.54, 1.807) is 42.7 Å². The molecular formula is C17H20N8O.